The Kier molecular flexibility index (Phi) is 5.20. The van der Waals surface area contributed by atoms with Crippen LogP contribution in [-0.4, -0.2) is 16.7 Å². The lowest BCUT2D eigenvalue weighted by Crippen LogP contribution is -2.18. The van der Waals surface area contributed by atoms with E-state index in [1.165, 1.54) is 23.5 Å². The largest absolute Gasteiger partial charge is 0.365 e. The molecule has 2 amide bonds. The average molecular weight is 368 g/mol. The van der Waals surface area contributed by atoms with Crippen molar-refractivity contribution in [1.29, 1.82) is 0 Å². The van der Waals surface area contributed by atoms with Crippen molar-refractivity contribution < 1.29 is 14.5 Å². The van der Waals surface area contributed by atoms with Gasteiger partial charge in [0.1, 0.15) is 10.0 Å². The van der Waals surface area contributed by atoms with Crippen molar-refractivity contribution in [1.82, 2.24) is 0 Å². The van der Waals surface area contributed by atoms with Crippen LogP contribution in [0.25, 0.3) is 0 Å². The van der Waals surface area contributed by atoms with Gasteiger partial charge >= 0.3 is 0 Å². The summed E-state index contributed by atoms with van der Waals surface area (Å²) in [6.45, 7) is 3.72. The van der Waals surface area contributed by atoms with Crippen molar-refractivity contribution in [2.24, 2.45) is 5.73 Å². The highest BCUT2D eigenvalue weighted by Gasteiger charge is 2.22. The molecule has 7 nitrogen and oxygen atoms in total. The van der Waals surface area contributed by atoms with Crippen LogP contribution in [0.3, 0.4) is 0 Å². The van der Waals surface area contributed by atoms with Gasteiger partial charge in [0.25, 0.3) is 17.5 Å². The minimum atomic E-state index is -0.668. The summed E-state index contributed by atoms with van der Waals surface area (Å²) in [7, 11) is 0. The third kappa shape index (κ3) is 3.39. The summed E-state index contributed by atoms with van der Waals surface area (Å²) >= 11 is 6.97. The first kappa shape index (κ1) is 17.9. The third-order valence-electron chi connectivity index (χ3n) is 3.44. The van der Waals surface area contributed by atoms with E-state index in [0.29, 0.717) is 11.4 Å². The number of amides is 2. The van der Waals surface area contributed by atoms with Gasteiger partial charge in [0.15, 0.2) is 0 Å². The van der Waals surface area contributed by atoms with Gasteiger partial charge in [-0.2, -0.15) is 0 Å². The number of hydrogen-bond acceptors (Lipinski definition) is 5. The van der Waals surface area contributed by atoms with E-state index in [9.17, 15) is 19.7 Å². The number of primary amides is 1. The first-order chi connectivity index (χ1) is 11.3. The van der Waals surface area contributed by atoms with Crippen LogP contribution in [0.4, 0.5) is 10.7 Å². The minimum absolute atomic E-state index is 0.0605. The van der Waals surface area contributed by atoms with Crippen molar-refractivity contribution in [3.05, 3.63) is 54.9 Å². The zero-order valence-corrected chi connectivity index (χ0v) is 14.5. The van der Waals surface area contributed by atoms with Crippen molar-refractivity contribution in [2.75, 3.05) is 5.32 Å². The molecule has 1 aromatic carbocycles. The Morgan fingerprint density at radius 1 is 1.42 bits per heavy atom. The fourth-order valence-corrected chi connectivity index (χ4v) is 3.65. The molecule has 126 valence electrons. The molecular formula is C15H14ClN3O4S. The topological polar surface area (TPSA) is 115 Å². The normalized spacial score (nSPS) is 10.5. The molecule has 0 saturated heterocycles. The van der Waals surface area contributed by atoms with Crippen LogP contribution in [0, 0.1) is 17.0 Å². The van der Waals surface area contributed by atoms with Gasteiger partial charge in [0, 0.05) is 16.5 Å². The van der Waals surface area contributed by atoms with E-state index in [-0.39, 0.29) is 21.8 Å². The van der Waals surface area contributed by atoms with Crippen LogP contribution < -0.4 is 11.1 Å². The molecule has 0 spiro atoms. The molecule has 9 heteroatoms. The molecule has 0 fully saturated rings. The second-order valence-electron chi connectivity index (χ2n) is 4.94. The van der Waals surface area contributed by atoms with Crippen LogP contribution in [-0.2, 0) is 6.42 Å². The van der Waals surface area contributed by atoms with E-state index in [4.69, 9.17) is 17.3 Å². The highest BCUT2D eigenvalue weighted by molar-refractivity contribution is 7.16. The molecule has 0 atom stereocenters. The lowest BCUT2D eigenvalue weighted by atomic mass is 10.1. The fraction of sp³-hybridized carbons (Fsp3) is 0.200. The van der Waals surface area contributed by atoms with Gasteiger partial charge in [-0.15, -0.1) is 11.3 Å². The van der Waals surface area contributed by atoms with E-state index >= 15 is 0 Å². The monoisotopic (exact) mass is 367 g/mol. The Bertz CT molecular complexity index is 847. The number of nitro benzene ring substituents is 1. The summed E-state index contributed by atoms with van der Waals surface area (Å²) in [6, 6.07) is 3.74. The number of thiophene rings is 1. The van der Waals surface area contributed by atoms with E-state index in [2.05, 4.69) is 5.32 Å². The summed E-state index contributed by atoms with van der Waals surface area (Å²) < 4.78 is 0. The summed E-state index contributed by atoms with van der Waals surface area (Å²) in [6.07, 6.45) is 0.600. The summed E-state index contributed by atoms with van der Waals surface area (Å²) in [5.41, 5.74) is 6.17. The van der Waals surface area contributed by atoms with Gasteiger partial charge in [-0.1, -0.05) is 18.5 Å². The molecule has 0 aliphatic heterocycles. The molecule has 0 aliphatic rings. The van der Waals surface area contributed by atoms with Gasteiger partial charge in [-0.05, 0) is 31.0 Å². The second kappa shape index (κ2) is 6.98. The number of aryl methyl sites for hydroxylation is 1. The van der Waals surface area contributed by atoms with E-state index in [1.807, 2.05) is 13.8 Å². The van der Waals surface area contributed by atoms with Gasteiger partial charge in [0.05, 0.1) is 10.5 Å². The predicted molar refractivity (Wildman–Crippen MR) is 93.0 cm³/mol. The smallest absolute Gasteiger partial charge is 0.288 e. The number of benzene rings is 1. The van der Waals surface area contributed by atoms with Crippen LogP contribution >= 0.6 is 22.9 Å². The molecular weight excluding hydrogens is 354 g/mol. The number of anilines is 1. The SMILES string of the molecule is CCc1c(C)sc(NC(=O)c2ccc(Cl)c([N+](=O)[O-])c2)c1C(N)=O. The molecule has 2 rings (SSSR count). The van der Waals surface area contributed by atoms with Crippen molar-refractivity contribution in [3.8, 4) is 0 Å². The molecule has 1 heterocycles. The van der Waals surface area contributed by atoms with Crippen molar-refractivity contribution >= 4 is 45.4 Å². The van der Waals surface area contributed by atoms with Crippen LogP contribution in [0.5, 0.6) is 0 Å². The number of carbonyl (C=O) groups is 2. The van der Waals surface area contributed by atoms with Gasteiger partial charge in [-0.3, -0.25) is 19.7 Å². The number of nitrogens with two attached hydrogens (primary N) is 1. The van der Waals surface area contributed by atoms with E-state index in [0.717, 1.165) is 16.5 Å². The van der Waals surface area contributed by atoms with E-state index < -0.39 is 16.7 Å². The van der Waals surface area contributed by atoms with Crippen molar-refractivity contribution in [2.45, 2.75) is 20.3 Å². The number of carbonyl (C=O) groups excluding carboxylic acids is 2. The Labute approximate surface area is 146 Å². The standard InChI is InChI=1S/C15H14ClN3O4S/c1-3-9-7(2)24-15(12(9)13(17)20)18-14(21)8-4-5-10(16)11(6-8)19(22)23/h4-6H,3H2,1-2H3,(H2,17,20)(H,18,21). The lowest BCUT2D eigenvalue weighted by molar-refractivity contribution is -0.384. The maximum absolute atomic E-state index is 12.4. The first-order valence-electron chi connectivity index (χ1n) is 6.93. The van der Waals surface area contributed by atoms with Crippen LogP contribution in [0.1, 0.15) is 38.1 Å². The molecule has 0 saturated carbocycles. The molecule has 0 bridgehead atoms. The fourth-order valence-electron chi connectivity index (χ4n) is 2.32. The van der Waals surface area contributed by atoms with E-state index in [1.54, 1.807) is 0 Å². The lowest BCUT2D eigenvalue weighted by Gasteiger charge is -2.06. The van der Waals surface area contributed by atoms with Gasteiger partial charge in [0.2, 0.25) is 0 Å². The number of rotatable bonds is 5. The van der Waals surface area contributed by atoms with Crippen molar-refractivity contribution in [3.63, 3.8) is 0 Å². The predicted octanol–water partition coefficient (Wildman–Crippen LogP) is 3.53. The molecule has 24 heavy (non-hydrogen) atoms. The Morgan fingerprint density at radius 2 is 2.08 bits per heavy atom. The summed E-state index contributed by atoms with van der Waals surface area (Å²) in [5.74, 6) is -1.21. The number of nitrogens with one attached hydrogen (secondary N) is 1. The molecule has 2 aromatic rings. The molecule has 0 unspecified atom stereocenters. The number of nitro groups is 1. The van der Waals surface area contributed by atoms with Crippen LogP contribution in [0.15, 0.2) is 18.2 Å². The zero-order valence-electron chi connectivity index (χ0n) is 12.9. The third-order valence-corrected chi connectivity index (χ3v) is 4.82. The second-order valence-corrected chi connectivity index (χ2v) is 6.57. The number of hydrogen-bond donors (Lipinski definition) is 2. The zero-order chi connectivity index (χ0) is 18.0. The minimum Gasteiger partial charge on any atom is -0.365 e. The molecule has 1 aromatic heterocycles. The Hall–Kier alpha value is -2.45. The number of halogens is 1. The summed E-state index contributed by atoms with van der Waals surface area (Å²) in [5, 5.41) is 13.8. The maximum Gasteiger partial charge on any atom is 0.288 e. The quantitative estimate of drug-likeness (QED) is 0.621. The average Bonchev–Trinajstić information content (AvgIpc) is 2.82. The van der Waals surface area contributed by atoms with Gasteiger partial charge in [-0.25, -0.2) is 0 Å². The molecule has 0 radical (unpaired) electrons. The Balaban J connectivity index is 2.39. The Morgan fingerprint density at radius 3 is 2.62 bits per heavy atom. The number of nitrogens with zero attached hydrogens (tertiary/aromatic N) is 1. The first-order valence-corrected chi connectivity index (χ1v) is 8.13. The summed E-state index contributed by atoms with van der Waals surface area (Å²) in [4.78, 5) is 35.2. The maximum atomic E-state index is 12.4. The highest BCUT2D eigenvalue weighted by atomic mass is 35.5. The molecule has 3 N–H and O–H groups in total. The van der Waals surface area contributed by atoms with Crippen LogP contribution in [0.2, 0.25) is 5.02 Å². The molecule has 0 aliphatic carbocycles. The van der Waals surface area contributed by atoms with Gasteiger partial charge < -0.3 is 11.1 Å². The highest BCUT2D eigenvalue weighted by Crippen LogP contribution is 2.34.